The number of anilines is 2. The fourth-order valence-corrected chi connectivity index (χ4v) is 3.21. The van der Waals surface area contributed by atoms with E-state index in [2.05, 4.69) is 17.0 Å². The average molecular weight is 282 g/mol. The number of nitrogens with one attached hydrogen (secondary N) is 2. The van der Waals surface area contributed by atoms with Gasteiger partial charge in [0.15, 0.2) is 0 Å². The van der Waals surface area contributed by atoms with Crippen LogP contribution < -0.4 is 10.0 Å². The van der Waals surface area contributed by atoms with Crippen molar-refractivity contribution in [1.29, 1.82) is 0 Å². The van der Waals surface area contributed by atoms with Crippen LogP contribution >= 0.6 is 0 Å². The Labute approximate surface area is 115 Å². The molecule has 1 aromatic rings. The molecule has 0 amide bonds. The van der Waals surface area contributed by atoms with Crippen molar-refractivity contribution >= 4 is 21.4 Å². The lowest BCUT2D eigenvalue weighted by Gasteiger charge is -2.28. The molecule has 19 heavy (non-hydrogen) atoms. The molecular weight excluding hydrogens is 260 g/mol. The molecule has 0 aromatic heterocycles. The van der Waals surface area contributed by atoms with Crippen LogP contribution in [0.1, 0.15) is 32.6 Å². The molecule has 0 saturated heterocycles. The van der Waals surface area contributed by atoms with E-state index in [-0.39, 0.29) is 0 Å². The van der Waals surface area contributed by atoms with E-state index >= 15 is 0 Å². The molecule has 0 radical (unpaired) electrons. The average Bonchev–Trinajstić information content (AvgIpc) is 2.30. The molecule has 1 aliphatic rings. The lowest BCUT2D eigenvalue weighted by molar-refractivity contribution is 0.358. The Morgan fingerprint density at radius 2 is 1.74 bits per heavy atom. The van der Waals surface area contributed by atoms with E-state index in [4.69, 9.17) is 0 Å². The Hall–Kier alpha value is -1.23. The van der Waals surface area contributed by atoms with Gasteiger partial charge in [0.2, 0.25) is 10.0 Å². The van der Waals surface area contributed by atoms with Gasteiger partial charge in [-0.05, 0) is 43.0 Å². The van der Waals surface area contributed by atoms with Crippen molar-refractivity contribution in [3.63, 3.8) is 0 Å². The van der Waals surface area contributed by atoms with E-state index in [1.54, 1.807) is 12.1 Å². The van der Waals surface area contributed by atoms with E-state index in [9.17, 15) is 8.42 Å². The van der Waals surface area contributed by atoms with Crippen LogP contribution in [0.3, 0.4) is 0 Å². The smallest absolute Gasteiger partial charge is 0.229 e. The molecule has 0 bridgehead atoms. The Balaban J connectivity index is 1.95. The molecule has 1 aromatic carbocycles. The Bertz CT molecular complexity index is 511. The van der Waals surface area contributed by atoms with Crippen molar-refractivity contribution in [1.82, 2.24) is 0 Å². The SMILES string of the molecule is CC1CCCC(Nc2ccc(NS(C)(=O)=O)cc2)C1. The minimum absolute atomic E-state index is 0.539. The van der Waals surface area contributed by atoms with Crippen LogP contribution in [-0.2, 0) is 10.0 Å². The molecule has 1 aliphatic carbocycles. The summed E-state index contributed by atoms with van der Waals surface area (Å²) in [6.07, 6.45) is 6.20. The molecule has 0 heterocycles. The summed E-state index contributed by atoms with van der Waals surface area (Å²) in [6.45, 7) is 2.30. The zero-order chi connectivity index (χ0) is 13.9. The topological polar surface area (TPSA) is 58.2 Å². The van der Waals surface area contributed by atoms with Gasteiger partial charge in [-0.15, -0.1) is 0 Å². The van der Waals surface area contributed by atoms with E-state index in [0.29, 0.717) is 11.7 Å². The fourth-order valence-electron chi connectivity index (χ4n) is 2.65. The number of hydrogen-bond acceptors (Lipinski definition) is 3. The summed E-state index contributed by atoms with van der Waals surface area (Å²) in [4.78, 5) is 0. The van der Waals surface area contributed by atoms with Gasteiger partial charge in [0.25, 0.3) is 0 Å². The van der Waals surface area contributed by atoms with Crippen molar-refractivity contribution in [2.75, 3.05) is 16.3 Å². The predicted molar refractivity (Wildman–Crippen MR) is 80.0 cm³/mol. The first kappa shape index (κ1) is 14.2. The van der Waals surface area contributed by atoms with Crippen LogP contribution in [0.2, 0.25) is 0 Å². The van der Waals surface area contributed by atoms with Gasteiger partial charge >= 0.3 is 0 Å². The maximum Gasteiger partial charge on any atom is 0.229 e. The molecule has 2 unspecified atom stereocenters. The lowest BCUT2D eigenvalue weighted by Crippen LogP contribution is -2.26. The normalized spacial score (nSPS) is 23.9. The van der Waals surface area contributed by atoms with Crippen molar-refractivity contribution < 1.29 is 8.42 Å². The maximum atomic E-state index is 11.1. The van der Waals surface area contributed by atoms with Crippen LogP contribution in [0, 0.1) is 5.92 Å². The highest BCUT2D eigenvalue weighted by Crippen LogP contribution is 2.26. The number of benzene rings is 1. The highest BCUT2D eigenvalue weighted by molar-refractivity contribution is 7.92. The second kappa shape index (κ2) is 5.82. The van der Waals surface area contributed by atoms with Crippen LogP contribution in [0.4, 0.5) is 11.4 Å². The molecule has 5 heteroatoms. The number of rotatable bonds is 4. The van der Waals surface area contributed by atoms with Gasteiger partial charge in [0.1, 0.15) is 0 Å². The zero-order valence-corrected chi connectivity index (χ0v) is 12.3. The van der Waals surface area contributed by atoms with Crippen molar-refractivity contribution in [3.05, 3.63) is 24.3 Å². The molecule has 2 rings (SSSR count). The van der Waals surface area contributed by atoms with Gasteiger partial charge in [-0.2, -0.15) is 0 Å². The highest BCUT2D eigenvalue weighted by Gasteiger charge is 2.18. The molecule has 2 N–H and O–H groups in total. The fraction of sp³-hybridized carbons (Fsp3) is 0.571. The van der Waals surface area contributed by atoms with Gasteiger partial charge in [0.05, 0.1) is 6.26 Å². The third kappa shape index (κ3) is 4.74. The standard InChI is InChI=1S/C14H22N2O2S/c1-11-4-3-5-14(10-11)15-12-6-8-13(9-7-12)16-19(2,17)18/h6-9,11,14-16H,3-5,10H2,1-2H3. The van der Waals surface area contributed by atoms with Crippen molar-refractivity contribution in [2.24, 2.45) is 5.92 Å². The summed E-state index contributed by atoms with van der Waals surface area (Å²) in [6, 6.07) is 7.96. The summed E-state index contributed by atoms with van der Waals surface area (Å²) in [5, 5.41) is 3.52. The third-order valence-corrected chi connectivity index (χ3v) is 4.10. The Morgan fingerprint density at radius 1 is 1.11 bits per heavy atom. The first-order valence-electron chi connectivity index (χ1n) is 6.77. The summed E-state index contributed by atoms with van der Waals surface area (Å²) in [7, 11) is -3.19. The number of sulfonamides is 1. The third-order valence-electron chi connectivity index (χ3n) is 3.50. The second-order valence-electron chi connectivity index (χ2n) is 5.56. The summed E-state index contributed by atoms with van der Waals surface area (Å²) < 4.78 is 24.7. The summed E-state index contributed by atoms with van der Waals surface area (Å²) in [5.74, 6) is 0.789. The minimum Gasteiger partial charge on any atom is -0.382 e. The van der Waals surface area contributed by atoms with Crippen LogP contribution in [0.5, 0.6) is 0 Å². The summed E-state index contributed by atoms with van der Waals surface area (Å²) in [5.41, 5.74) is 1.66. The van der Waals surface area contributed by atoms with Gasteiger partial charge < -0.3 is 5.32 Å². The first-order chi connectivity index (χ1) is 8.92. The Kier molecular flexibility index (Phi) is 4.34. The van der Waals surface area contributed by atoms with Gasteiger partial charge in [-0.3, -0.25) is 4.72 Å². The van der Waals surface area contributed by atoms with E-state index in [1.807, 2.05) is 12.1 Å². The van der Waals surface area contributed by atoms with Crippen LogP contribution in [-0.4, -0.2) is 20.7 Å². The molecule has 1 saturated carbocycles. The van der Waals surface area contributed by atoms with Crippen molar-refractivity contribution in [3.8, 4) is 0 Å². The van der Waals surface area contributed by atoms with Gasteiger partial charge in [0, 0.05) is 17.4 Å². The summed E-state index contributed by atoms with van der Waals surface area (Å²) >= 11 is 0. The molecule has 0 aliphatic heterocycles. The predicted octanol–water partition coefficient (Wildman–Crippen LogP) is 3.05. The van der Waals surface area contributed by atoms with Crippen molar-refractivity contribution in [2.45, 2.75) is 38.6 Å². The number of hydrogen-bond donors (Lipinski definition) is 2. The monoisotopic (exact) mass is 282 g/mol. The second-order valence-corrected chi connectivity index (χ2v) is 7.31. The Morgan fingerprint density at radius 3 is 2.32 bits per heavy atom. The van der Waals surface area contributed by atoms with Gasteiger partial charge in [-0.25, -0.2) is 8.42 Å². The molecule has 0 spiro atoms. The van der Waals surface area contributed by atoms with E-state index in [1.165, 1.54) is 25.7 Å². The van der Waals surface area contributed by atoms with Gasteiger partial charge in [-0.1, -0.05) is 19.8 Å². The van der Waals surface area contributed by atoms with E-state index < -0.39 is 10.0 Å². The molecule has 1 fully saturated rings. The molecule has 2 atom stereocenters. The van der Waals surface area contributed by atoms with Crippen LogP contribution in [0.15, 0.2) is 24.3 Å². The molecular formula is C14H22N2O2S. The zero-order valence-electron chi connectivity index (χ0n) is 11.5. The first-order valence-corrected chi connectivity index (χ1v) is 8.66. The molecule has 4 nitrogen and oxygen atoms in total. The van der Waals surface area contributed by atoms with E-state index in [0.717, 1.165) is 17.9 Å². The quantitative estimate of drug-likeness (QED) is 0.892. The molecule has 106 valence electrons. The maximum absolute atomic E-state index is 11.1. The highest BCUT2D eigenvalue weighted by atomic mass is 32.2. The minimum atomic E-state index is -3.19. The van der Waals surface area contributed by atoms with Crippen LogP contribution in [0.25, 0.3) is 0 Å². The lowest BCUT2D eigenvalue weighted by atomic mass is 9.87. The largest absolute Gasteiger partial charge is 0.382 e.